The minimum atomic E-state index is -0.434. The molecule has 1 N–H and O–H groups in total. The van der Waals surface area contributed by atoms with Gasteiger partial charge in [-0.25, -0.2) is 9.36 Å². The molecule has 0 bridgehead atoms. The average Bonchev–Trinajstić information content (AvgIpc) is 2.55. The quantitative estimate of drug-likeness (QED) is 0.881. The van der Waals surface area contributed by atoms with Gasteiger partial charge >= 0.3 is 5.69 Å². The number of likely N-dealkylation sites (N-methyl/N-ethyl adjacent to an activating group) is 1. The van der Waals surface area contributed by atoms with E-state index in [1.165, 1.54) is 6.07 Å². The molecule has 7 heteroatoms. The number of aromatic nitrogens is 2. The van der Waals surface area contributed by atoms with Crippen LogP contribution in [0.15, 0.2) is 39.9 Å². The molecule has 1 aromatic heterocycles. The maximum absolute atomic E-state index is 12.4. The molecule has 1 saturated heterocycles. The van der Waals surface area contributed by atoms with Crippen molar-refractivity contribution in [1.29, 1.82) is 0 Å². The molecule has 122 valence electrons. The van der Waals surface area contributed by atoms with E-state index < -0.39 is 5.69 Å². The molecule has 3 rings (SSSR count). The lowest BCUT2D eigenvalue weighted by molar-refractivity contribution is 0.312. The van der Waals surface area contributed by atoms with Gasteiger partial charge in [0.15, 0.2) is 0 Å². The van der Waals surface area contributed by atoms with Crippen molar-refractivity contribution >= 4 is 5.82 Å². The number of nitrogens with zero attached hydrogens (tertiary/aromatic N) is 3. The van der Waals surface area contributed by atoms with Gasteiger partial charge < -0.3 is 14.5 Å². The second-order valence-corrected chi connectivity index (χ2v) is 5.62. The third-order valence-corrected chi connectivity index (χ3v) is 4.09. The number of methoxy groups -OCH3 is 1. The van der Waals surface area contributed by atoms with Gasteiger partial charge in [0, 0.05) is 32.2 Å². The number of piperazine rings is 1. The van der Waals surface area contributed by atoms with E-state index in [1.54, 1.807) is 31.4 Å². The Balaban J connectivity index is 1.94. The molecule has 1 aromatic carbocycles. The van der Waals surface area contributed by atoms with Crippen LogP contribution in [-0.2, 0) is 0 Å². The Hall–Kier alpha value is -2.54. The van der Waals surface area contributed by atoms with Crippen LogP contribution in [0.1, 0.15) is 0 Å². The maximum atomic E-state index is 12.4. The summed E-state index contributed by atoms with van der Waals surface area (Å²) in [4.78, 5) is 31.8. The van der Waals surface area contributed by atoms with Crippen molar-refractivity contribution in [3.05, 3.63) is 51.2 Å². The van der Waals surface area contributed by atoms with Crippen LogP contribution in [-0.4, -0.2) is 54.8 Å². The molecule has 2 heterocycles. The molecule has 23 heavy (non-hydrogen) atoms. The predicted octanol–water partition coefficient (Wildman–Crippen LogP) is 0.286. The lowest BCUT2D eigenvalue weighted by Gasteiger charge is -2.33. The Morgan fingerprint density at radius 1 is 1.04 bits per heavy atom. The van der Waals surface area contributed by atoms with Gasteiger partial charge in [0.05, 0.1) is 12.8 Å². The van der Waals surface area contributed by atoms with Crippen LogP contribution in [0.5, 0.6) is 5.75 Å². The highest BCUT2D eigenvalue weighted by molar-refractivity contribution is 5.41. The van der Waals surface area contributed by atoms with E-state index >= 15 is 0 Å². The monoisotopic (exact) mass is 316 g/mol. The van der Waals surface area contributed by atoms with Crippen LogP contribution in [0, 0.1) is 0 Å². The Morgan fingerprint density at radius 3 is 2.26 bits per heavy atom. The lowest BCUT2D eigenvalue weighted by Crippen LogP contribution is -2.46. The van der Waals surface area contributed by atoms with Crippen LogP contribution in [0.4, 0.5) is 5.82 Å². The molecule has 1 aliphatic rings. The fourth-order valence-corrected chi connectivity index (χ4v) is 2.68. The minimum Gasteiger partial charge on any atom is -0.497 e. The molecular weight excluding hydrogens is 296 g/mol. The summed E-state index contributed by atoms with van der Waals surface area (Å²) in [5, 5.41) is 0. The first-order valence-corrected chi connectivity index (χ1v) is 7.53. The molecule has 7 nitrogen and oxygen atoms in total. The number of rotatable bonds is 3. The van der Waals surface area contributed by atoms with Crippen LogP contribution in [0.3, 0.4) is 0 Å². The largest absolute Gasteiger partial charge is 0.497 e. The summed E-state index contributed by atoms with van der Waals surface area (Å²) in [6.45, 7) is 3.39. The number of hydrogen-bond acceptors (Lipinski definition) is 5. The molecule has 0 saturated carbocycles. The highest BCUT2D eigenvalue weighted by Gasteiger charge is 2.17. The smallest absolute Gasteiger partial charge is 0.334 e. The Labute approximate surface area is 133 Å². The summed E-state index contributed by atoms with van der Waals surface area (Å²) in [7, 11) is 3.63. The van der Waals surface area contributed by atoms with Crippen LogP contribution in [0.2, 0.25) is 0 Å². The zero-order chi connectivity index (χ0) is 16.4. The summed E-state index contributed by atoms with van der Waals surface area (Å²) < 4.78 is 6.21. The van der Waals surface area contributed by atoms with Gasteiger partial charge in [-0.2, -0.15) is 0 Å². The van der Waals surface area contributed by atoms with Crippen molar-refractivity contribution in [3.63, 3.8) is 0 Å². The fraction of sp³-hybridized carbons (Fsp3) is 0.375. The number of benzene rings is 1. The normalized spacial score (nSPS) is 15.7. The van der Waals surface area contributed by atoms with Crippen molar-refractivity contribution < 1.29 is 4.74 Å². The van der Waals surface area contributed by atoms with Gasteiger partial charge in [-0.15, -0.1) is 0 Å². The van der Waals surface area contributed by atoms with E-state index in [4.69, 9.17) is 4.74 Å². The fourth-order valence-electron chi connectivity index (χ4n) is 2.68. The van der Waals surface area contributed by atoms with Crippen molar-refractivity contribution in [2.45, 2.75) is 0 Å². The van der Waals surface area contributed by atoms with Gasteiger partial charge in [-0.1, -0.05) is 0 Å². The van der Waals surface area contributed by atoms with E-state index in [9.17, 15) is 9.59 Å². The minimum absolute atomic E-state index is 0.340. The first-order chi connectivity index (χ1) is 11.1. The highest BCUT2D eigenvalue weighted by atomic mass is 16.5. The molecule has 0 unspecified atom stereocenters. The Bertz CT molecular complexity index is 755. The third-order valence-electron chi connectivity index (χ3n) is 4.09. The van der Waals surface area contributed by atoms with E-state index in [0.717, 1.165) is 30.7 Å². The molecule has 1 fully saturated rings. The Morgan fingerprint density at radius 2 is 1.70 bits per heavy atom. The van der Waals surface area contributed by atoms with Crippen LogP contribution < -0.4 is 20.9 Å². The Kier molecular flexibility index (Phi) is 4.20. The van der Waals surface area contributed by atoms with Gasteiger partial charge in [-0.05, 0) is 31.3 Å². The molecule has 1 aliphatic heterocycles. The van der Waals surface area contributed by atoms with Crippen molar-refractivity contribution in [2.24, 2.45) is 0 Å². The van der Waals surface area contributed by atoms with Crippen molar-refractivity contribution in [3.8, 4) is 11.4 Å². The topological polar surface area (TPSA) is 70.6 Å². The van der Waals surface area contributed by atoms with E-state index in [1.807, 2.05) is 4.90 Å². The average molecular weight is 316 g/mol. The summed E-state index contributed by atoms with van der Waals surface area (Å²) in [5.41, 5.74) is -0.258. The first-order valence-electron chi connectivity index (χ1n) is 7.53. The second kappa shape index (κ2) is 6.29. The van der Waals surface area contributed by atoms with Gasteiger partial charge in [0.1, 0.15) is 11.6 Å². The molecule has 0 spiro atoms. The summed E-state index contributed by atoms with van der Waals surface area (Å²) >= 11 is 0. The third kappa shape index (κ3) is 3.14. The number of aromatic amines is 1. The maximum Gasteiger partial charge on any atom is 0.334 e. The summed E-state index contributed by atoms with van der Waals surface area (Å²) in [6.07, 6.45) is 0. The predicted molar refractivity (Wildman–Crippen MR) is 88.9 cm³/mol. The molecule has 0 amide bonds. The van der Waals surface area contributed by atoms with E-state index in [0.29, 0.717) is 17.3 Å². The molecule has 0 atom stereocenters. The summed E-state index contributed by atoms with van der Waals surface area (Å²) in [5.74, 6) is 1.25. The lowest BCUT2D eigenvalue weighted by atomic mass is 10.3. The summed E-state index contributed by atoms with van der Waals surface area (Å²) in [6, 6.07) is 8.29. The first kappa shape index (κ1) is 15.4. The molecule has 0 radical (unpaired) electrons. The molecule has 2 aromatic rings. The zero-order valence-corrected chi connectivity index (χ0v) is 13.3. The number of H-pyrrole nitrogens is 1. The standard InChI is InChI=1S/C16H20N4O3/c1-18-7-9-19(10-8-18)14-11-15(21)20(16(22)17-14)12-3-5-13(23-2)6-4-12/h3-6,11H,7-10H2,1-2H3,(H,17,22). The number of anilines is 1. The number of ether oxygens (including phenoxy) is 1. The van der Waals surface area contributed by atoms with E-state index in [-0.39, 0.29) is 5.56 Å². The molecule has 0 aliphatic carbocycles. The van der Waals surface area contributed by atoms with Gasteiger partial charge in [0.2, 0.25) is 0 Å². The second-order valence-electron chi connectivity index (χ2n) is 5.62. The van der Waals surface area contributed by atoms with Gasteiger partial charge in [-0.3, -0.25) is 9.78 Å². The van der Waals surface area contributed by atoms with Crippen LogP contribution >= 0.6 is 0 Å². The highest BCUT2D eigenvalue weighted by Crippen LogP contribution is 2.13. The zero-order valence-electron chi connectivity index (χ0n) is 13.3. The van der Waals surface area contributed by atoms with Crippen molar-refractivity contribution in [2.75, 3.05) is 45.2 Å². The number of hydrogen-bond donors (Lipinski definition) is 1. The SMILES string of the molecule is COc1ccc(-n2c(=O)cc(N3CCN(C)CC3)[nH]c2=O)cc1. The van der Waals surface area contributed by atoms with Crippen molar-refractivity contribution in [1.82, 2.24) is 14.5 Å². The van der Waals surface area contributed by atoms with Gasteiger partial charge in [0.25, 0.3) is 5.56 Å². The number of nitrogens with one attached hydrogen (secondary N) is 1. The molecular formula is C16H20N4O3. The van der Waals surface area contributed by atoms with E-state index in [2.05, 4.69) is 16.9 Å². The van der Waals surface area contributed by atoms with Crippen LogP contribution in [0.25, 0.3) is 5.69 Å².